The van der Waals surface area contributed by atoms with Crippen LogP contribution in [0.4, 0.5) is 16.5 Å². The number of nitrogens with zero attached hydrogens (tertiary/aromatic N) is 3. The van der Waals surface area contributed by atoms with E-state index in [4.69, 9.17) is 5.73 Å². The molecule has 10 heteroatoms. The quantitative estimate of drug-likeness (QED) is 0.636. The van der Waals surface area contributed by atoms with E-state index in [0.29, 0.717) is 11.4 Å². The third kappa shape index (κ3) is 3.11. The van der Waals surface area contributed by atoms with Gasteiger partial charge in [-0.3, -0.25) is 9.10 Å². The number of carbonyl (C=O) groups excluding carboxylic acids is 1. The van der Waals surface area contributed by atoms with Crippen molar-refractivity contribution in [3.05, 3.63) is 24.3 Å². The second-order valence-electron chi connectivity index (χ2n) is 4.09. The van der Waals surface area contributed by atoms with Crippen LogP contribution in [0.25, 0.3) is 0 Å². The first-order valence-electron chi connectivity index (χ1n) is 5.77. The number of sulfonamides is 1. The summed E-state index contributed by atoms with van der Waals surface area (Å²) in [5, 5.41) is 9.73. The topological polar surface area (TPSA) is 118 Å². The Hall–Kier alpha value is -2.20. The first-order chi connectivity index (χ1) is 9.82. The van der Waals surface area contributed by atoms with Gasteiger partial charge in [0.15, 0.2) is 0 Å². The minimum absolute atomic E-state index is 0.121. The Labute approximate surface area is 125 Å². The summed E-state index contributed by atoms with van der Waals surface area (Å²) < 4.78 is 25.7. The summed E-state index contributed by atoms with van der Waals surface area (Å²) >= 11 is 0.772. The van der Waals surface area contributed by atoms with Crippen LogP contribution >= 0.6 is 11.3 Å². The van der Waals surface area contributed by atoms with Gasteiger partial charge in [0.1, 0.15) is 0 Å². The maximum absolute atomic E-state index is 12.4. The molecule has 0 saturated carbocycles. The summed E-state index contributed by atoms with van der Waals surface area (Å²) in [4.78, 5) is 10.9. The molecule has 3 N–H and O–H groups in total. The van der Waals surface area contributed by atoms with Gasteiger partial charge in [0.25, 0.3) is 14.4 Å². The molecule has 112 valence electrons. The zero-order valence-electron chi connectivity index (χ0n) is 11.3. The highest BCUT2D eigenvalue weighted by Gasteiger charge is 2.27. The largest absolute Gasteiger partial charge is 0.397 e. The Morgan fingerprint density at radius 3 is 2.62 bits per heavy atom. The molecule has 0 unspecified atom stereocenters. The van der Waals surface area contributed by atoms with E-state index in [1.807, 2.05) is 0 Å². The van der Waals surface area contributed by atoms with Crippen molar-refractivity contribution in [1.29, 1.82) is 0 Å². The van der Waals surface area contributed by atoms with Crippen LogP contribution < -0.4 is 15.4 Å². The monoisotopic (exact) mass is 327 g/mol. The van der Waals surface area contributed by atoms with Crippen LogP contribution in [-0.2, 0) is 14.8 Å². The Kier molecular flexibility index (Phi) is 4.09. The Morgan fingerprint density at radius 1 is 1.33 bits per heavy atom. The fourth-order valence-electron chi connectivity index (χ4n) is 1.54. The van der Waals surface area contributed by atoms with Gasteiger partial charge >= 0.3 is 0 Å². The molecule has 0 fully saturated rings. The van der Waals surface area contributed by atoms with E-state index in [2.05, 4.69) is 15.5 Å². The average Bonchev–Trinajstić information content (AvgIpc) is 2.87. The van der Waals surface area contributed by atoms with Gasteiger partial charge in [-0.15, -0.1) is 10.2 Å². The standard InChI is InChI=1S/C11H13N5O3S2/c1-7(17)13-10-14-15-11(20-10)21(18,19)16(2)9-6-4-3-5-8(9)12/h3-6H,12H2,1-2H3,(H,13,14,17). The molecule has 1 heterocycles. The van der Waals surface area contributed by atoms with Gasteiger partial charge in [-0.25, -0.2) is 0 Å². The molecule has 0 spiro atoms. The zero-order chi connectivity index (χ0) is 15.6. The minimum Gasteiger partial charge on any atom is -0.397 e. The van der Waals surface area contributed by atoms with Gasteiger partial charge in [0, 0.05) is 14.0 Å². The molecule has 0 bridgehead atoms. The highest BCUT2D eigenvalue weighted by atomic mass is 32.2. The fourth-order valence-corrected chi connectivity index (χ4v) is 3.86. The van der Waals surface area contributed by atoms with Crippen LogP contribution in [0, 0.1) is 0 Å². The lowest BCUT2D eigenvalue weighted by Gasteiger charge is -2.18. The van der Waals surface area contributed by atoms with Gasteiger partial charge < -0.3 is 11.1 Å². The molecular formula is C11H13N5O3S2. The average molecular weight is 327 g/mol. The number of carbonyl (C=O) groups is 1. The molecule has 0 saturated heterocycles. The number of nitrogen functional groups attached to an aromatic ring is 1. The van der Waals surface area contributed by atoms with E-state index in [-0.39, 0.29) is 15.4 Å². The number of aromatic nitrogens is 2. The molecule has 1 amide bonds. The Balaban J connectivity index is 2.36. The Morgan fingerprint density at radius 2 is 2.00 bits per heavy atom. The number of nitrogens with one attached hydrogen (secondary N) is 1. The normalized spacial score (nSPS) is 11.1. The first-order valence-corrected chi connectivity index (χ1v) is 8.02. The van der Waals surface area contributed by atoms with E-state index in [1.165, 1.54) is 14.0 Å². The number of anilines is 3. The lowest BCUT2D eigenvalue weighted by atomic mass is 10.3. The molecule has 0 radical (unpaired) electrons. The number of rotatable bonds is 4. The summed E-state index contributed by atoms with van der Waals surface area (Å²) in [6.45, 7) is 1.30. The van der Waals surface area contributed by atoms with Gasteiger partial charge in [-0.05, 0) is 12.1 Å². The molecule has 0 aliphatic carbocycles. The van der Waals surface area contributed by atoms with E-state index >= 15 is 0 Å². The summed E-state index contributed by atoms with van der Waals surface area (Å²) in [6.07, 6.45) is 0. The van der Waals surface area contributed by atoms with Crippen molar-refractivity contribution in [3.8, 4) is 0 Å². The first kappa shape index (κ1) is 15.2. The lowest BCUT2D eigenvalue weighted by Crippen LogP contribution is -2.27. The summed E-state index contributed by atoms with van der Waals surface area (Å²) in [5.41, 5.74) is 6.44. The van der Waals surface area contributed by atoms with Crippen LogP contribution in [0.1, 0.15) is 6.92 Å². The van der Waals surface area contributed by atoms with Crippen molar-refractivity contribution >= 4 is 43.8 Å². The van der Waals surface area contributed by atoms with Gasteiger partial charge in [0.2, 0.25) is 11.0 Å². The molecule has 0 aliphatic rings. The number of hydrogen-bond donors (Lipinski definition) is 2. The molecule has 21 heavy (non-hydrogen) atoms. The van der Waals surface area contributed by atoms with Crippen LogP contribution in [0.2, 0.25) is 0 Å². The van der Waals surface area contributed by atoms with E-state index in [1.54, 1.807) is 24.3 Å². The Bertz CT molecular complexity index is 772. The predicted molar refractivity (Wildman–Crippen MR) is 80.7 cm³/mol. The van der Waals surface area contributed by atoms with Crippen LogP contribution in [0.5, 0.6) is 0 Å². The molecule has 0 atom stereocenters. The molecular weight excluding hydrogens is 314 g/mol. The van der Waals surface area contributed by atoms with Crippen molar-refractivity contribution in [1.82, 2.24) is 10.2 Å². The fraction of sp³-hybridized carbons (Fsp3) is 0.182. The maximum atomic E-state index is 12.4. The number of benzene rings is 1. The second kappa shape index (κ2) is 5.66. The lowest BCUT2D eigenvalue weighted by molar-refractivity contribution is -0.114. The molecule has 0 aliphatic heterocycles. The second-order valence-corrected chi connectivity index (χ2v) is 7.21. The number of hydrogen-bond acceptors (Lipinski definition) is 7. The van der Waals surface area contributed by atoms with E-state index in [0.717, 1.165) is 15.6 Å². The van der Waals surface area contributed by atoms with Crippen LogP contribution in [-0.4, -0.2) is 31.6 Å². The van der Waals surface area contributed by atoms with Gasteiger partial charge in [0.05, 0.1) is 11.4 Å². The SMILES string of the molecule is CC(=O)Nc1nnc(S(=O)(=O)N(C)c2ccccc2N)s1. The zero-order valence-corrected chi connectivity index (χ0v) is 12.9. The van der Waals surface area contributed by atoms with Gasteiger partial charge in [-0.1, -0.05) is 23.5 Å². The predicted octanol–water partition coefficient (Wildman–Crippen LogP) is 0.904. The van der Waals surface area contributed by atoms with Crippen LogP contribution in [0.15, 0.2) is 28.6 Å². The number of nitrogens with two attached hydrogens (primary N) is 1. The third-order valence-electron chi connectivity index (χ3n) is 2.55. The van der Waals surface area contributed by atoms with Crippen molar-refractivity contribution in [3.63, 3.8) is 0 Å². The minimum atomic E-state index is -3.88. The molecule has 1 aromatic carbocycles. The summed E-state index contributed by atoms with van der Waals surface area (Å²) in [7, 11) is -2.51. The highest BCUT2D eigenvalue weighted by Crippen LogP contribution is 2.29. The molecule has 2 aromatic rings. The number of amides is 1. The van der Waals surface area contributed by atoms with Crippen molar-refractivity contribution < 1.29 is 13.2 Å². The van der Waals surface area contributed by atoms with Crippen molar-refractivity contribution in [2.75, 3.05) is 22.4 Å². The third-order valence-corrected chi connectivity index (χ3v) is 5.50. The van der Waals surface area contributed by atoms with Crippen molar-refractivity contribution in [2.24, 2.45) is 0 Å². The van der Waals surface area contributed by atoms with Gasteiger partial charge in [-0.2, -0.15) is 8.42 Å². The molecule has 2 rings (SSSR count). The highest BCUT2D eigenvalue weighted by molar-refractivity contribution is 7.94. The van der Waals surface area contributed by atoms with Crippen LogP contribution in [0.3, 0.4) is 0 Å². The van der Waals surface area contributed by atoms with E-state index in [9.17, 15) is 13.2 Å². The molecule has 1 aromatic heterocycles. The van der Waals surface area contributed by atoms with Crippen molar-refractivity contribution in [2.45, 2.75) is 11.3 Å². The van der Waals surface area contributed by atoms with E-state index < -0.39 is 10.0 Å². The number of para-hydroxylation sites is 2. The smallest absolute Gasteiger partial charge is 0.293 e. The summed E-state index contributed by atoms with van der Waals surface area (Å²) in [6, 6.07) is 6.58. The molecule has 8 nitrogen and oxygen atoms in total. The summed E-state index contributed by atoms with van der Waals surface area (Å²) in [5.74, 6) is -0.351. The maximum Gasteiger partial charge on any atom is 0.293 e.